The highest BCUT2D eigenvalue weighted by molar-refractivity contribution is 6.30. The molecule has 0 aliphatic heterocycles. The smallest absolute Gasteiger partial charge is 0.141 e. The lowest BCUT2D eigenvalue weighted by Gasteiger charge is -2.17. The highest BCUT2D eigenvalue weighted by Crippen LogP contribution is 2.24. The number of hydrogen-bond donors (Lipinski definition) is 1. The maximum absolute atomic E-state index is 12.7. The normalized spacial score (nSPS) is 10.5. The molecule has 1 aromatic carbocycles. The third kappa shape index (κ3) is 3.64. The second-order valence-electron chi connectivity index (χ2n) is 3.19. The van der Waals surface area contributed by atoms with Gasteiger partial charge in [0.2, 0.25) is 0 Å². The van der Waals surface area contributed by atoms with E-state index in [1.165, 1.54) is 18.2 Å². The largest absolute Gasteiger partial charge is 0.386 e. The van der Waals surface area contributed by atoms with Crippen LogP contribution in [0.2, 0.25) is 5.02 Å². The zero-order chi connectivity index (χ0) is 11.4. The molecule has 0 heterocycles. The maximum atomic E-state index is 12.7. The molecule has 0 unspecified atom stereocenters. The molecule has 14 heavy (non-hydrogen) atoms. The molecule has 0 saturated heterocycles. The van der Waals surface area contributed by atoms with Gasteiger partial charge in [-0.25, -0.2) is 4.39 Å². The lowest BCUT2D eigenvalue weighted by atomic mass is 9.99. The van der Waals surface area contributed by atoms with E-state index in [0.717, 1.165) is 0 Å². The van der Waals surface area contributed by atoms with Crippen molar-refractivity contribution in [3.8, 4) is 0 Å². The van der Waals surface area contributed by atoms with E-state index in [4.69, 9.17) is 11.6 Å². The van der Waals surface area contributed by atoms with Crippen LogP contribution in [0.4, 0.5) is 4.39 Å². The molecule has 80 valence electrons. The molecule has 0 spiro atoms. The first-order valence-electron chi connectivity index (χ1n) is 4.59. The van der Waals surface area contributed by atoms with E-state index < -0.39 is 11.4 Å². The second kappa shape index (κ2) is 5.32. The Balaban J connectivity index is 0.000000791. The summed E-state index contributed by atoms with van der Waals surface area (Å²) in [5.41, 5.74) is -0.369. The molecule has 1 aromatic rings. The van der Waals surface area contributed by atoms with Crippen molar-refractivity contribution in [2.75, 3.05) is 0 Å². The average Bonchev–Trinajstić information content (AvgIpc) is 2.11. The zero-order valence-electron chi connectivity index (χ0n) is 8.94. The molecule has 0 fully saturated rings. The lowest BCUT2D eigenvalue weighted by molar-refractivity contribution is 0.0785. The van der Waals surface area contributed by atoms with Crippen molar-refractivity contribution in [3.05, 3.63) is 34.6 Å². The third-order valence-corrected chi connectivity index (χ3v) is 1.92. The van der Waals surface area contributed by atoms with Crippen LogP contribution in [-0.4, -0.2) is 5.11 Å². The summed E-state index contributed by atoms with van der Waals surface area (Å²) in [5, 5.41) is 9.56. The Morgan fingerprint density at radius 3 is 2.14 bits per heavy atom. The molecule has 0 aliphatic carbocycles. The van der Waals surface area contributed by atoms with Crippen LogP contribution >= 0.6 is 11.6 Å². The summed E-state index contributed by atoms with van der Waals surface area (Å²) >= 11 is 5.53. The predicted octanol–water partition coefficient (Wildman–Crippen LogP) is 3.73. The van der Waals surface area contributed by atoms with Gasteiger partial charge in [0.05, 0.1) is 10.6 Å². The molecule has 0 saturated carbocycles. The minimum Gasteiger partial charge on any atom is -0.386 e. The summed E-state index contributed by atoms with van der Waals surface area (Å²) in [6, 6.07) is 4.19. The Labute approximate surface area is 89.5 Å². The fraction of sp³-hybridized carbons (Fsp3) is 0.455. The van der Waals surface area contributed by atoms with Crippen molar-refractivity contribution in [2.24, 2.45) is 0 Å². The molecule has 0 aliphatic rings. The SMILES string of the molecule is CC.CC(C)(O)c1ccc(F)c(Cl)c1. The molecule has 1 rings (SSSR count). The monoisotopic (exact) mass is 218 g/mol. The van der Waals surface area contributed by atoms with Crippen molar-refractivity contribution in [1.29, 1.82) is 0 Å². The van der Waals surface area contributed by atoms with Crippen molar-refractivity contribution in [1.82, 2.24) is 0 Å². The molecule has 0 amide bonds. The van der Waals surface area contributed by atoms with Gasteiger partial charge in [0.1, 0.15) is 5.82 Å². The van der Waals surface area contributed by atoms with Gasteiger partial charge >= 0.3 is 0 Å². The van der Waals surface area contributed by atoms with E-state index >= 15 is 0 Å². The quantitative estimate of drug-likeness (QED) is 0.762. The molecule has 1 nitrogen and oxygen atoms in total. The summed E-state index contributed by atoms with van der Waals surface area (Å²) in [6.45, 7) is 7.24. The molecule has 0 bridgehead atoms. The van der Waals surface area contributed by atoms with Crippen LogP contribution in [0, 0.1) is 5.82 Å². The topological polar surface area (TPSA) is 20.2 Å². The van der Waals surface area contributed by atoms with Crippen molar-refractivity contribution >= 4 is 11.6 Å². The fourth-order valence-corrected chi connectivity index (χ4v) is 1.06. The first-order valence-corrected chi connectivity index (χ1v) is 4.97. The Bertz CT molecular complexity index is 292. The Morgan fingerprint density at radius 1 is 1.29 bits per heavy atom. The van der Waals surface area contributed by atoms with Gasteiger partial charge in [-0.1, -0.05) is 31.5 Å². The minimum absolute atomic E-state index is 0.0367. The van der Waals surface area contributed by atoms with Crippen molar-refractivity contribution in [3.63, 3.8) is 0 Å². The lowest BCUT2D eigenvalue weighted by Crippen LogP contribution is -2.15. The summed E-state index contributed by atoms with van der Waals surface area (Å²) in [5.74, 6) is -0.468. The standard InChI is InChI=1S/C9H10ClFO.C2H6/c1-9(2,12)6-3-4-8(11)7(10)5-6;1-2/h3-5,12H,1-2H3;1-2H3. The molecule has 0 atom stereocenters. The van der Waals surface area contributed by atoms with Gasteiger partial charge in [-0.05, 0) is 31.5 Å². The van der Waals surface area contributed by atoms with E-state index in [2.05, 4.69) is 0 Å². The average molecular weight is 219 g/mol. The van der Waals surface area contributed by atoms with Gasteiger partial charge in [-0.3, -0.25) is 0 Å². The van der Waals surface area contributed by atoms with E-state index in [9.17, 15) is 9.50 Å². The third-order valence-electron chi connectivity index (χ3n) is 1.63. The van der Waals surface area contributed by atoms with Crippen molar-refractivity contribution in [2.45, 2.75) is 33.3 Å². The van der Waals surface area contributed by atoms with E-state index in [-0.39, 0.29) is 5.02 Å². The van der Waals surface area contributed by atoms with Crippen LogP contribution in [-0.2, 0) is 5.60 Å². The van der Waals surface area contributed by atoms with E-state index in [1.807, 2.05) is 13.8 Å². The van der Waals surface area contributed by atoms with Gasteiger partial charge in [-0.2, -0.15) is 0 Å². The number of rotatable bonds is 1. The Kier molecular flexibility index (Phi) is 5.09. The molecular formula is C11H16ClFO. The summed E-state index contributed by atoms with van der Waals surface area (Å²) in [7, 11) is 0. The summed E-state index contributed by atoms with van der Waals surface area (Å²) in [6.07, 6.45) is 0. The van der Waals surface area contributed by atoms with Crippen LogP contribution in [0.5, 0.6) is 0 Å². The summed E-state index contributed by atoms with van der Waals surface area (Å²) in [4.78, 5) is 0. The Morgan fingerprint density at radius 2 is 1.79 bits per heavy atom. The summed E-state index contributed by atoms with van der Waals surface area (Å²) < 4.78 is 12.7. The fourth-order valence-electron chi connectivity index (χ4n) is 0.877. The highest BCUT2D eigenvalue weighted by Gasteiger charge is 2.16. The second-order valence-corrected chi connectivity index (χ2v) is 3.60. The van der Waals surface area contributed by atoms with E-state index in [0.29, 0.717) is 5.56 Å². The number of halogens is 2. The van der Waals surface area contributed by atoms with Gasteiger partial charge in [0.25, 0.3) is 0 Å². The number of benzene rings is 1. The maximum Gasteiger partial charge on any atom is 0.141 e. The first-order chi connectivity index (χ1) is 6.41. The van der Waals surface area contributed by atoms with Crippen LogP contribution in [0.15, 0.2) is 18.2 Å². The highest BCUT2D eigenvalue weighted by atomic mass is 35.5. The van der Waals surface area contributed by atoms with Gasteiger partial charge in [0.15, 0.2) is 0 Å². The Hall–Kier alpha value is -0.600. The van der Waals surface area contributed by atoms with Gasteiger partial charge in [-0.15, -0.1) is 0 Å². The van der Waals surface area contributed by atoms with Crippen molar-refractivity contribution < 1.29 is 9.50 Å². The van der Waals surface area contributed by atoms with Gasteiger partial charge < -0.3 is 5.11 Å². The molecule has 3 heteroatoms. The number of hydrogen-bond acceptors (Lipinski definition) is 1. The predicted molar refractivity (Wildman–Crippen MR) is 58.0 cm³/mol. The zero-order valence-corrected chi connectivity index (χ0v) is 9.69. The van der Waals surface area contributed by atoms with Crippen LogP contribution in [0.25, 0.3) is 0 Å². The van der Waals surface area contributed by atoms with Crippen LogP contribution < -0.4 is 0 Å². The van der Waals surface area contributed by atoms with E-state index in [1.54, 1.807) is 13.8 Å². The van der Waals surface area contributed by atoms with Gasteiger partial charge in [0, 0.05) is 0 Å². The van der Waals surface area contributed by atoms with Crippen LogP contribution in [0.1, 0.15) is 33.3 Å². The molecular weight excluding hydrogens is 203 g/mol. The first kappa shape index (κ1) is 13.4. The molecule has 0 aromatic heterocycles. The molecule has 1 N–H and O–H groups in total. The molecule has 0 radical (unpaired) electrons. The van der Waals surface area contributed by atoms with Crippen LogP contribution in [0.3, 0.4) is 0 Å². The number of aliphatic hydroxyl groups is 1. The minimum atomic E-state index is -0.975.